The summed E-state index contributed by atoms with van der Waals surface area (Å²) in [4.78, 5) is 5.02. The fourth-order valence-electron chi connectivity index (χ4n) is 2.85. The molecule has 1 unspecified atom stereocenters. The summed E-state index contributed by atoms with van der Waals surface area (Å²) in [7, 11) is 0. The smallest absolute Gasteiger partial charge is 0.0594 e. The van der Waals surface area contributed by atoms with Crippen LogP contribution in [0.4, 0.5) is 0 Å². The minimum atomic E-state index is 0.283. The number of ether oxygens (including phenoxy) is 1. The maximum Gasteiger partial charge on any atom is 0.0594 e. The molecule has 94 valence electrons. The Morgan fingerprint density at radius 1 is 1.25 bits per heavy atom. The minimum absolute atomic E-state index is 0.283. The van der Waals surface area contributed by atoms with Gasteiger partial charge < -0.3 is 10.5 Å². The Labute approximate surface area is 98.7 Å². The van der Waals surface area contributed by atoms with E-state index in [0.29, 0.717) is 6.04 Å². The van der Waals surface area contributed by atoms with Crippen LogP contribution in [0.15, 0.2) is 0 Å². The summed E-state index contributed by atoms with van der Waals surface area (Å²) in [5, 5.41) is 0. The fourth-order valence-corrected chi connectivity index (χ4v) is 2.85. The van der Waals surface area contributed by atoms with E-state index in [0.717, 1.165) is 52.4 Å². The highest BCUT2D eigenvalue weighted by molar-refractivity contribution is 4.94. The first-order valence-electron chi connectivity index (χ1n) is 6.39. The maximum atomic E-state index is 6.03. The fraction of sp³-hybridized carbons (Fsp3) is 1.00. The van der Waals surface area contributed by atoms with Crippen LogP contribution in [0.25, 0.3) is 0 Å². The molecule has 2 N–H and O–H groups in total. The molecule has 2 fully saturated rings. The van der Waals surface area contributed by atoms with Crippen molar-refractivity contribution in [1.29, 1.82) is 0 Å². The van der Waals surface area contributed by atoms with Crippen LogP contribution in [0.1, 0.15) is 20.3 Å². The van der Waals surface area contributed by atoms with Crippen molar-refractivity contribution in [2.45, 2.75) is 31.8 Å². The van der Waals surface area contributed by atoms with Gasteiger partial charge in [0.15, 0.2) is 0 Å². The minimum Gasteiger partial charge on any atom is -0.379 e. The van der Waals surface area contributed by atoms with Gasteiger partial charge >= 0.3 is 0 Å². The standard InChI is InChI=1S/C12H25N3O/c1-12(2)9-11(13)10-15(12)4-3-14-5-7-16-8-6-14/h11H,3-10,13H2,1-2H3. The van der Waals surface area contributed by atoms with E-state index in [1.165, 1.54) is 0 Å². The van der Waals surface area contributed by atoms with E-state index in [1.54, 1.807) is 0 Å². The van der Waals surface area contributed by atoms with Crippen molar-refractivity contribution < 1.29 is 4.74 Å². The molecule has 0 amide bonds. The SMILES string of the molecule is CC1(C)CC(N)CN1CCN1CCOCC1. The number of hydrogen-bond acceptors (Lipinski definition) is 4. The van der Waals surface area contributed by atoms with Crippen LogP contribution in [0.3, 0.4) is 0 Å². The van der Waals surface area contributed by atoms with E-state index in [9.17, 15) is 0 Å². The first-order valence-corrected chi connectivity index (χ1v) is 6.39. The molecule has 0 aromatic rings. The highest BCUT2D eigenvalue weighted by atomic mass is 16.5. The van der Waals surface area contributed by atoms with Gasteiger partial charge in [-0.05, 0) is 20.3 Å². The molecule has 4 heteroatoms. The highest BCUT2D eigenvalue weighted by Gasteiger charge is 2.36. The monoisotopic (exact) mass is 227 g/mol. The molecule has 0 spiro atoms. The second-order valence-corrected chi connectivity index (χ2v) is 5.68. The lowest BCUT2D eigenvalue weighted by Crippen LogP contribution is -2.45. The molecule has 0 aromatic heterocycles. The number of nitrogens with two attached hydrogens (primary N) is 1. The summed E-state index contributed by atoms with van der Waals surface area (Å²) >= 11 is 0. The zero-order valence-corrected chi connectivity index (χ0v) is 10.6. The van der Waals surface area contributed by atoms with Gasteiger partial charge in [-0.15, -0.1) is 0 Å². The van der Waals surface area contributed by atoms with Crippen LogP contribution in [0.2, 0.25) is 0 Å². The van der Waals surface area contributed by atoms with E-state index < -0.39 is 0 Å². The second kappa shape index (κ2) is 5.00. The molecule has 2 aliphatic rings. The topological polar surface area (TPSA) is 41.7 Å². The summed E-state index contributed by atoms with van der Waals surface area (Å²) < 4.78 is 5.35. The molecule has 2 aliphatic heterocycles. The van der Waals surface area contributed by atoms with E-state index in [2.05, 4.69) is 23.6 Å². The zero-order valence-electron chi connectivity index (χ0n) is 10.6. The van der Waals surface area contributed by atoms with Crippen LogP contribution in [-0.4, -0.2) is 67.3 Å². The molecule has 0 aliphatic carbocycles. The Bertz CT molecular complexity index is 226. The normalized spacial score (nSPS) is 32.1. The van der Waals surface area contributed by atoms with Crippen molar-refractivity contribution in [3.8, 4) is 0 Å². The highest BCUT2D eigenvalue weighted by Crippen LogP contribution is 2.27. The van der Waals surface area contributed by atoms with E-state index in [4.69, 9.17) is 10.5 Å². The van der Waals surface area contributed by atoms with Crippen LogP contribution in [-0.2, 0) is 4.74 Å². The van der Waals surface area contributed by atoms with Crippen LogP contribution in [0.5, 0.6) is 0 Å². The third-order valence-electron chi connectivity index (χ3n) is 3.86. The van der Waals surface area contributed by atoms with Crippen molar-refractivity contribution >= 4 is 0 Å². The molecule has 0 aromatic carbocycles. The molecular weight excluding hydrogens is 202 g/mol. The van der Waals surface area contributed by atoms with Crippen LogP contribution >= 0.6 is 0 Å². The van der Waals surface area contributed by atoms with Gasteiger partial charge in [0.1, 0.15) is 0 Å². The first kappa shape index (κ1) is 12.3. The van der Waals surface area contributed by atoms with Crippen LogP contribution in [0, 0.1) is 0 Å². The van der Waals surface area contributed by atoms with Gasteiger partial charge in [0.2, 0.25) is 0 Å². The van der Waals surface area contributed by atoms with Gasteiger partial charge in [-0.25, -0.2) is 0 Å². The molecule has 0 bridgehead atoms. The third-order valence-corrected chi connectivity index (χ3v) is 3.86. The Morgan fingerprint density at radius 3 is 2.50 bits per heavy atom. The summed E-state index contributed by atoms with van der Waals surface area (Å²) in [6.45, 7) is 11.9. The lowest BCUT2D eigenvalue weighted by Gasteiger charge is -2.34. The van der Waals surface area contributed by atoms with E-state index in [-0.39, 0.29) is 5.54 Å². The molecule has 0 saturated carbocycles. The molecule has 2 heterocycles. The molecule has 0 radical (unpaired) electrons. The molecule has 4 nitrogen and oxygen atoms in total. The Balaban J connectivity index is 1.76. The molecule has 2 rings (SSSR count). The number of likely N-dealkylation sites (tertiary alicyclic amines) is 1. The van der Waals surface area contributed by atoms with Crippen molar-refractivity contribution in [1.82, 2.24) is 9.80 Å². The maximum absolute atomic E-state index is 6.03. The van der Waals surface area contributed by atoms with Gasteiger partial charge in [0, 0.05) is 44.3 Å². The molecular formula is C12H25N3O. The van der Waals surface area contributed by atoms with Crippen molar-refractivity contribution in [2.24, 2.45) is 5.73 Å². The lowest BCUT2D eigenvalue weighted by atomic mass is 10.0. The van der Waals surface area contributed by atoms with Gasteiger partial charge in [-0.3, -0.25) is 9.80 Å². The first-order chi connectivity index (χ1) is 7.58. The average Bonchev–Trinajstić information content (AvgIpc) is 2.50. The lowest BCUT2D eigenvalue weighted by molar-refractivity contribution is 0.0297. The summed E-state index contributed by atoms with van der Waals surface area (Å²) in [5.41, 5.74) is 6.32. The summed E-state index contributed by atoms with van der Waals surface area (Å²) in [6, 6.07) is 0.361. The Kier molecular flexibility index (Phi) is 3.85. The van der Waals surface area contributed by atoms with Gasteiger partial charge in [0.25, 0.3) is 0 Å². The van der Waals surface area contributed by atoms with Crippen molar-refractivity contribution in [3.05, 3.63) is 0 Å². The average molecular weight is 227 g/mol. The Hall–Kier alpha value is -0.160. The predicted molar refractivity (Wildman–Crippen MR) is 65.5 cm³/mol. The van der Waals surface area contributed by atoms with E-state index in [1.807, 2.05) is 0 Å². The largest absolute Gasteiger partial charge is 0.379 e. The van der Waals surface area contributed by atoms with Crippen molar-refractivity contribution in [3.63, 3.8) is 0 Å². The van der Waals surface area contributed by atoms with Crippen molar-refractivity contribution in [2.75, 3.05) is 45.9 Å². The van der Waals surface area contributed by atoms with Gasteiger partial charge in [0.05, 0.1) is 13.2 Å². The second-order valence-electron chi connectivity index (χ2n) is 5.68. The van der Waals surface area contributed by atoms with Crippen LogP contribution < -0.4 is 5.73 Å². The zero-order chi connectivity index (χ0) is 11.6. The Morgan fingerprint density at radius 2 is 1.94 bits per heavy atom. The predicted octanol–water partition coefficient (Wildman–Crippen LogP) is 0.130. The van der Waals surface area contributed by atoms with Gasteiger partial charge in [-0.1, -0.05) is 0 Å². The molecule has 1 atom stereocenters. The third kappa shape index (κ3) is 2.94. The number of hydrogen-bond donors (Lipinski definition) is 1. The summed E-state index contributed by atoms with van der Waals surface area (Å²) in [6.07, 6.45) is 1.12. The molecule has 16 heavy (non-hydrogen) atoms. The van der Waals surface area contributed by atoms with E-state index >= 15 is 0 Å². The molecule has 2 saturated heterocycles. The number of morpholine rings is 1. The summed E-state index contributed by atoms with van der Waals surface area (Å²) in [5.74, 6) is 0. The van der Waals surface area contributed by atoms with Gasteiger partial charge in [-0.2, -0.15) is 0 Å². The number of rotatable bonds is 3. The number of nitrogens with zero attached hydrogens (tertiary/aromatic N) is 2. The quantitative estimate of drug-likeness (QED) is 0.744.